The molecule has 0 rings (SSSR count). The minimum Gasteiger partial charge on any atom is -0.352 e. The maximum atomic E-state index is 11.9. The minimum atomic E-state index is -0.567. The Kier molecular flexibility index (Phi) is 5.07. The fraction of sp³-hybridized carbons (Fsp3) is 0.667. The van der Waals surface area contributed by atoms with Gasteiger partial charge in [-0.05, 0) is 27.2 Å². The van der Waals surface area contributed by atoms with Crippen LogP contribution in [0.3, 0.4) is 0 Å². The smallest absolute Gasteiger partial charge is 0.229 e. The summed E-state index contributed by atoms with van der Waals surface area (Å²) in [5.74, 6) is -0.0582. The van der Waals surface area contributed by atoms with Crippen LogP contribution >= 0.6 is 0 Å². The van der Waals surface area contributed by atoms with E-state index >= 15 is 0 Å². The van der Waals surface area contributed by atoms with Crippen LogP contribution in [0.4, 0.5) is 0 Å². The van der Waals surface area contributed by atoms with Gasteiger partial charge in [-0.15, -0.1) is 0 Å². The first-order valence-corrected chi connectivity index (χ1v) is 5.20. The van der Waals surface area contributed by atoms with Gasteiger partial charge in [-0.3, -0.25) is 4.79 Å². The summed E-state index contributed by atoms with van der Waals surface area (Å²) in [6.07, 6.45) is 1.13. The van der Waals surface area contributed by atoms with Crippen LogP contribution in [-0.2, 0) is 4.79 Å². The van der Waals surface area contributed by atoms with Gasteiger partial charge in [0, 0.05) is 6.04 Å². The Morgan fingerprint density at radius 1 is 1.60 bits per heavy atom. The first-order valence-electron chi connectivity index (χ1n) is 5.20. The van der Waals surface area contributed by atoms with Crippen molar-refractivity contribution in [1.82, 2.24) is 5.32 Å². The van der Waals surface area contributed by atoms with Gasteiger partial charge in [0.2, 0.25) is 5.91 Å². The molecule has 0 fully saturated rings. The number of nitriles is 1. The average Bonchev–Trinajstić information content (AvgIpc) is 2.16. The van der Waals surface area contributed by atoms with Gasteiger partial charge in [-0.1, -0.05) is 19.1 Å². The molecule has 3 nitrogen and oxygen atoms in total. The molecule has 0 saturated heterocycles. The maximum Gasteiger partial charge on any atom is 0.229 e. The van der Waals surface area contributed by atoms with Crippen molar-refractivity contribution >= 4 is 5.91 Å². The number of amides is 1. The Bertz CT molecular complexity index is 286. The van der Waals surface area contributed by atoms with E-state index in [0.29, 0.717) is 6.42 Å². The number of nitrogens with one attached hydrogen (secondary N) is 1. The molecule has 0 aliphatic carbocycles. The average molecular weight is 208 g/mol. The van der Waals surface area contributed by atoms with Crippen LogP contribution in [0.15, 0.2) is 12.2 Å². The quantitative estimate of drug-likeness (QED) is 0.705. The van der Waals surface area contributed by atoms with Crippen molar-refractivity contribution in [2.75, 3.05) is 0 Å². The molecule has 0 aromatic heterocycles. The molecule has 3 heteroatoms. The normalized spacial score (nSPS) is 12.7. The van der Waals surface area contributed by atoms with E-state index in [9.17, 15) is 4.79 Å². The second-order valence-electron chi connectivity index (χ2n) is 4.35. The Morgan fingerprint density at radius 3 is 2.47 bits per heavy atom. The van der Waals surface area contributed by atoms with Crippen LogP contribution in [0.5, 0.6) is 0 Å². The third-order valence-corrected chi connectivity index (χ3v) is 2.80. The fourth-order valence-corrected chi connectivity index (χ4v) is 0.967. The fourth-order valence-electron chi connectivity index (χ4n) is 0.967. The van der Waals surface area contributed by atoms with Crippen molar-refractivity contribution in [1.29, 1.82) is 5.26 Å². The van der Waals surface area contributed by atoms with Crippen molar-refractivity contribution < 1.29 is 4.79 Å². The third kappa shape index (κ3) is 3.75. The van der Waals surface area contributed by atoms with Crippen LogP contribution < -0.4 is 5.32 Å². The van der Waals surface area contributed by atoms with Crippen LogP contribution in [0.25, 0.3) is 0 Å². The molecule has 0 bridgehead atoms. The van der Waals surface area contributed by atoms with E-state index in [-0.39, 0.29) is 11.9 Å². The van der Waals surface area contributed by atoms with E-state index in [1.807, 2.05) is 27.7 Å². The summed E-state index contributed by atoms with van der Waals surface area (Å²) in [5.41, 5.74) is 0.259. The number of hydrogen-bond donors (Lipinski definition) is 1. The highest BCUT2D eigenvalue weighted by Gasteiger charge is 2.29. The summed E-state index contributed by atoms with van der Waals surface area (Å²) in [7, 11) is 0. The van der Waals surface area contributed by atoms with Crippen molar-refractivity contribution in [3.63, 3.8) is 0 Å². The third-order valence-electron chi connectivity index (χ3n) is 2.80. The molecule has 0 aromatic rings. The van der Waals surface area contributed by atoms with Crippen LogP contribution in [-0.4, -0.2) is 11.9 Å². The number of hydrogen-bond acceptors (Lipinski definition) is 2. The van der Waals surface area contributed by atoms with Gasteiger partial charge in [-0.2, -0.15) is 5.26 Å². The van der Waals surface area contributed by atoms with Crippen molar-refractivity contribution in [3.8, 4) is 6.07 Å². The minimum absolute atomic E-state index is 0.0545. The summed E-state index contributed by atoms with van der Waals surface area (Å²) in [4.78, 5) is 11.9. The van der Waals surface area contributed by atoms with Gasteiger partial charge in [0.25, 0.3) is 0 Å². The first-order chi connectivity index (χ1) is 6.86. The van der Waals surface area contributed by atoms with E-state index in [4.69, 9.17) is 5.26 Å². The Morgan fingerprint density at radius 2 is 2.13 bits per heavy atom. The lowest BCUT2D eigenvalue weighted by molar-refractivity contribution is -0.128. The molecule has 0 aliphatic heterocycles. The predicted octanol–water partition coefficient (Wildman–Crippen LogP) is 2.40. The van der Waals surface area contributed by atoms with Gasteiger partial charge in [-0.25, -0.2) is 0 Å². The van der Waals surface area contributed by atoms with Crippen LogP contribution in [0, 0.1) is 16.7 Å². The Labute approximate surface area is 92.2 Å². The summed E-state index contributed by atoms with van der Waals surface area (Å²) < 4.78 is 0. The molecule has 1 amide bonds. The van der Waals surface area contributed by atoms with Crippen molar-refractivity contribution in [2.45, 2.75) is 46.6 Å². The van der Waals surface area contributed by atoms with Gasteiger partial charge in [0.1, 0.15) is 0 Å². The molecule has 0 spiro atoms. The lowest BCUT2D eigenvalue weighted by Gasteiger charge is -2.26. The van der Waals surface area contributed by atoms with Crippen molar-refractivity contribution in [2.24, 2.45) is 5.41 Å². The topological polar surface area (TPSA) is 52.9 Å². The molecular weight excluding hydrogens is 188 g/mol. The first kappa shape index (κ1) is 13.7. The lowest BCUT2D eigenvalue weighted by Crippen LogP contribution is -2.43. The largest absolute Gasteiger partial charge is 0.352 e. The Hall–Kier alpha value is -1.30. The zero-order valence-corrected chi connectivity index (χ0v) is 10.1. The summed E-state index contributed by atoms with van der Waals surface area (Å²) >= 11 is 0. The summed E-state index contributed by atoms with van der Waals surface area (Å²) in [6, 6.07) is 2.01. The Balaban J connectivity index is 4.48. The van der Waals surface area contributed by atoms with Gasteiger partial charge < -0.3 is 5.32 Å². The van der Waals surface area contributed by atoms with Crippen LogP contribution in [0.1, 0.15) is 40.5 Å². The molecule has 0 radical (unpaired) electrons. The SMILES string of the molecule is C=C(C)C(C)(C)C(=O)N[C@@H](CC)CC#N. The predicted molar refractivity (Wildman–Crippen MR) is 61.0 cm³/mol. The highest BCUT2D eigenvalue weighted by molar-refractivity contribution is 5.84. The van der Waals surface area contributed by atoms with E-state index in [0.717, 1.165) is 12.0 Å². The summed E-state index contributed by atoms with van der Waals surface area (Å²) in [6.45, 7) is 11.3. The maximum absolute atomic E-state index is 11.9. The number of carbonyl (C=O) groups excluding carboxylic acids is 1. The number of carbonyl (C=O) groups is 1. The van der Waals surface area contributed by atoms with Gasteiger partial charge >= 0.3 is 0 Å². The molecule has 0 heterocycles. The second-order valence-corrected chi connectivity index (χ2v) is 4.35. The molecule has 1 atom stereocenters. The standard InChI is InChI=1S/C12H20N2O/c1-6-10(7-8-13)14-11(15)12(4,5)9(2)3/h10H,2,6-7H2,1,3-5H3,(H,14,15)/t10-/m0/s1. The number of rotatable bonds is 5. The molecule has 1 N–H and O–H groups in total. The van der Waals surface area contributed by atoms with E-state index in [1.165, 1.54) is 0 Å². The molecule has 84 valence electrons. The van der Waals surface area contributed by atoms with Crippen molar-refractivity contribution in [3.05, 3.63) is 12.2 Å². The molecule has 0 aliphatic rings. The molecule has 0 saturated carbocycles. The van der Waals surface area contributed by atoms with E-state index < -0.39 is 5.41 Å². The van der Waals surface area contributed by atoms with E-state index in [1.54, 1.807) is 0 Å². The van der Waals surface area contributed by atoms with Gasteiger partial charge in [0.15, 0.2) is 0 Å². The lowest BCUT2D eigenvalue weighted by atomic mass is 9.85. The molecule has 0 aromatic carbocycles. The summed E-state index contributed by atoms with van der Waals surface area (Å²) in [5, 5.41) is 11.4. The van der Waals surface area contributed by atoms with Crippen LogP contribution in [0.2, 0.25) is 0 Å². The molecule has 0 unspecified atom stereocenters. The van der Waals surface area contributed by atoms with E-state index in [2.05, 4.69) is 18.0 Å². The zero-order valence-electron chi connectivity index (χ0n) is 10.1. The highest BCUT2D eigenvalue weighted by Crippen LogP contribution is 2.24. The number of nitrogens with zero attached hydrogens (tertiary/aromatic N) is 1. The highest BCUT2D eigenvalue weighted by atomic mass is 16.2. The molecular formula is C12H20N2O. The monoisotopic (exact) mass is 208 g/mol. The molecule has 15 heavy (non-hydrogen) atoms. The second kappa shape index (κ2) is 5.55. The zero-order chi connectivity index (χ0) is 12.1. The van der Waals surface area contributed by atoms with Gasteiger partial charge in [0.05, 0.1) is 17.9 Å².